The molecule has 0 aliphatic heterocycles. The normalized spacial score (nSPS) is 12.1. The van der Waals surface area contributed by atoms with Gasteiger partial charge in [0.15, 0.2) is 18.1 Å². The molecule has 0 saturated heterocycles. The van der Waals surface area contributed by atoms with Gasteiger partial charge < -0.3 is 30.0 Å². The Balaban J connectivity index is 1.61. The molecule has 166 valence electrons. The molecule has 1 aliphatic carbocycles. The van der Waals surface area contributed by atoms with Gasteiger partial charge in [-0.15, -0.1) is 11.3 Å². The van der Waals surface area contributed by atoms with Gasteiger partial charge >= 0.3 is 5.97 Å². The zero-order valence-corrected chi connectivity index (χ0v) is 18.4. The van der Waals surface area contributed by atoms with Crippen molar-refractivity contribution in [2.24, 2.45) is 5.73 Å². The van der Waals surface area contributed by atoms with Crippen molar-refractivity contribution in [2.45, 2.75) is 25.7 Å². The zero-order chi connectivity index (χ0) is 22.5. The van der Waals surface area contributed by atoms with Crippen LogP contribution in [-0.2, 0) is 33.6 Å². The number of aryl methyl sites for hydroxylation is 1. The lowest BCUT2D eigenvalue weighted by molar-refractivity contribution is -0.146. The molecular weight excluding hydrogens is 424 g/mol. The van der Waals surface area contributed by atoms with Gasteiger partial charge in [0.1, 0.15) is 5.00 Å². The number of carbonyl (C=O) groups is 3. The Morgan fingerprint density at radius 1 is 1.06 bits per heavy atom. The Bertz CT molecular complexity index is 990. The van der Waals surface area contributed by atoms with Crippen molar-refractivity contribution in [1.82, 2.24) is 0 Å². The molecule has 3 N–H and O–H groups in total. The van der Waals surface area contributed by atoms with E-state index in [1.807, 2.05) is 0 Å². The number of hydrogen-bond acceptors (Lipinski definition) is 8. The third kappa shape index (κ3) is 4.91. The number of ether oxygens (including phenoxy) is 4. The highest BCUT2D eigenvalue weighted by atomic mass is 32.1. The van der Waals surface area contributed by atoms with E-state index in [1.54, 1.807) is 12.1 Å². The Morgan fingerprint density at radius 3 is 2.32 bits per heavy atom. The number of thiophene rings is 1. The quantitative estimate of drug-likeness (QED) is 0.563. The van der Waals surface area contributed by atoms with Crippen LogP contribution >= 0.6 is 11.3 Å². The molecule has 1 aromatic heterocycles. The fourth-order valence-corrected chi connectivity index (χ4v) is 4.83. The van der Waals surface area contributed by atoms with Gasteiger partial charge in [0.2, 0.25) is 5.75 Å². The van der Waals surface area contributed by atoms with Crippen LogP contribution < -0.4 is 25.3 Å². The van der Waals surface area contributed by atoms with Gasteiger partial charge in [-0.25, -0.2) is 0 Å². The second-order valence-corrected chi connectivity index (χ2v) is 7.95. The van der Waals surface area contributed by atoms with Crippen LogP contribution in [0.5, 0.6) is 17.2 Å². The average molecular weight is 448 g/mol. The first-order chi connectivity index (χ1) is 14.9. The molecule has 1 heterocycles. The lowest BCUT2D eigenvalue weighted by atomic mass is 10.1. The summed E-state index contributed by atoms with van der Waals surface area (Å²) in [6.45, 7) is -0.482. The van der Waals surface area contributed by atoms with Crippen molar-refractivity contribution in [3.05, 3.63) is 33.7 Å². The standard InChI is InChI=1S/C21H24N2O7S/c1-27-13-7-11(8-14(28-2)19(13)29-3)9-17(25)30-10-16(24)23-21-18(20(22)26)12-5-4-6-15(12)31-21/h7-8H,4-6,9-10H2,1-3H3,(H2,22,26)(H,23,24). The largest absolute Gasteiger partial charge is 0.493 e. The van der Waals surface area contributed by atoms with Crippen molar-refractivity contribution in [2.75, 3.05) is 33.3 Å². The highest BCUT2D eigenvalue weighted by molar-refractivity contribution is 7.17. The summed E-state index contributed by atoms with van der Waals surface area (Å²) in [5.74, 6) is -0.489. The molecule has 10 heteroatoms. The summed E-state index contributed by atoms with van der Waals surface area (Å²) < 4.78 is 20.9. The Hall–Kier alpha value is -3.27. The van der Waals surface area contributed by atoms with Crippen molar-refractivity contribution < 1.29 is 33.3 Å². The third-order valence-electron chi connectivity index (χ3n) is 4.86. The Kier molecular flexibility index (Phi) is 7.01. The molecule has 31 heavy (non-hydrogen) atoms. The number of primary amides is 1. The van der Waals surface area contributed by atoms with Crippen LogP contribution in [0.15, 0.2) is 12.1 Å². The molecule has 0 saturated carbocycles. The van der Waals surface area contributed by atoms with Gasteiger partial charge in [0, 0.05) is 4.88 Å². The highest BCUT2D eigenvalue weighted by Crippen LogP contribution is 2.39. The van der Waals surface area contributed by atoms with Crippen LogP contribution in [0.3, 0.4) is 0 Å². The minimum absolute atomic E-state index is 0.0934. The maximum atomic E-state index is 12.3. The molecule has 0 radical (unpaired) electrons. The summed E-state index contributed by atoms with van der Waals surface area (Å²) in [5, 5.41) is 3.04. The first-order valence-electron chi connectivity index (χ1n) is 9.56. The second-order valence-electron chi connectivity index (χ2n) is 6.84. The van der Waals surface area contributed by atoms with Gasteiger partial charge in [-0.1, -0.05) is 0 Å². The summed E-state index contributed by atoms with van der Waals surface area (Å²) >= 11 is 1.34. The molecule has 3 rings (SSSR count). The summed E-state index contributed by atoms with van der Waals surface area (Å²) in [6.07, 6.45) is 2.50. The molecule has 0 bridgehead atoms. The SMILES string of the molecule is COc1cc(CC(=O)OCC(=O)Nc2sc3c(c2C(N)=O)CCC3)cc(OC)c1OC. The van der Waals surface area contributed by atoms with Crippen LogP contribution in [0.2, 0.25) is 0 Å². The number of nitrogens with two attached hydrogens (primary N) is 1. The number of carbonyl (C=O) groups excluding carboxylic acids is 3. The molecular formula is C21H24N2O7S. The predicted octanol–water partition coefficient (Wildman–Crippen LogP) is 2.09. The molecule has 2 aromatic rings. The van der Waals surface area contributed by atoms with E-state index in [4.69, 9.17) is 24.7 Å². The summed E-state index contributed by atoms with van der Waals surface area (Å²) in [6, 6.07) is 3.27. The van der Waals surface area contributed by atoms with E-state index in [2.05, 4.69) is 5.32 Å². The molecule has 0 spiro atoms. The molecule has 0 unspecified atom stereocenters. The molecule has 0 atom stereocenters. The lowest BCUT2D eigenvalue weighted by Crippen LogP contribution is -2.23. The first-order valence-corrected chi connectivity index (χ1v) is 10.4. The lowest BCUT2D eigenvalue weighted by Gasteiger charge is -2.14. The maximum absolute atomic E-state index is 12.3. The van der Waals surface area contributed by atoms with Crippen molar-refractivity contribution in [1.29, 1.82) is 0 Å². The fourth-order valence-electron chi connectivity index (χ4n) is 3.52. The summed E-state index contributed by atoms with van der Waals surface area (Å²) in [5.41, 5.74) is 7.33. The number of hydrogen-bond donors (Lipinski definition) is 2. The van der Waals surface area contributed by atoms with Crippen LogP contribution in [0.25, 0.3) is 0 Å². The minimum atomic E-state index is -0.603. The van der Waals surface area contributed by atoms with Gasteiger partial charge in [0.05, 0.1) is 33.3 Å². The number of benzene rings is 1. The number of amides is 2. The van der Waals surface area contributed by atoms with E-state index in [-0.39, 0.29) is 6.42 Å². The van der Waals surface area contributed by atoms with Gasteiger partial charge in [-0.05, 0) is 42.5 Å². The zero-order valence-electron chi connectivity index (χ0n) is 17.5. The molecule has 1 aromatic carbocycles. The number of methoxy groups -OCH3 is 3. The Morgan fingerprint density at radius 2 is 1.74 bits per heavy atom. The first kappa shape index (κ1) is 22.4. The van der Waals surface area contributed by atoms with Crippen LogP contribution in [0, 0.1) is 0 Å². The van der Waals surface area contributed by atoms with E-state index in [1.165, 1.54) is 32.7 Å². The van der Waals surface area contributed by atoms with E-state index in [0.717, 1.165) is 29.7 Å². The highest BCUT2D eigenvalue weighted by Gasteiger charge is 2.26. The van der Waals surface area contributed by atoms with Gasteiger partial charge in [-0.2, -0.15) is 0 Å². The van der Waals surface area contributed by atoms with Gasteiger partial charge in [0.25, 0.3) is 11.8 Å². The predicted molar refractivity (Wildman–Crippen MR) is 114 cm³/mol. The molecule has 2 amide bonds. The van der Waals surface area contributed by atoms with Crippen LogP contribution in [0.1, 0.15) is 32.8 Å². The van der Waals surface area contributed by atoms with Crippen molar-refractivity contribution in [3.8, 4) is 17.2 Å². The number of fused-ring (bicyclic) bond motifs is 1. The number of esters is 1. The number of rotatable bonds is 9. The van der Waals surface area contributed by atoms with Gasteiger partial charge in [-0.3, -0.25) is 14.4 Å². The third-order valence-corrected chi connectivity index (χ3v) is 6.07. The van der Waals surface area contributed by atoms with Crippen LogP contribution in [0.4, 0.5) is 5.00 Å². The van der Waals surface area contributed by atoms with Crippen LogP contribution in [-0.4, -0.2) is 45.7 Å². The van der Waals surface area contributed by atoms with E-state index >= 15 is 0 Å². The minimum Gasteiger partial charge on any atom is -0.493 e. The van der Waals surface area contributed by atoms with Crippen molar-refractivity contribution >= 4 is 34.1 Å². The molecule has 1 aliphatic rings. The molecule has 9 nitrogen and oxygen atoms in total. The average Bonchev–Trinajstić information content (AvgIpc) is 3.31. The number of nitrogens with one attached hydrogen (secondary N) is 1. The molecule has 0 fully saturated rings. The maximum Gasteiger partial charge on any atom is 0.310 e. The topological polar surface area (TPSA) is 126 Å². The number of anilines is 1. The smallest absolute Gasteiger partial charge is 0.310 e. The Labute approximate surface area is 183 Å². The van der Waals surface area contributed by atoms with E-state index in [9.17, 15) is 14.4 Å². The summed E-state index contributed by atoms with van der Waals surface area (Å²) in [7, 11) is 4.44. The second kappa shape index (κ2) is 9.69. The summed E-state index contributed by atoms with van der Waals surface area (Å²) in [4.78, 5) is 37.4. The monoisotopic (exact) mass is 448 g/mol. The van der Waals surface area contributed by atoms with Crippen molar-refractivity contribution in [3.63, 3.8) is 0 Å². The van der Waals surface area contributed by atoms with E-state index < -0.39 is 24.4 Å². The fraction of sp³-hybridized carbons (Fsp3) is 0.381. The van der Waals surface area contributed by atoms with E-state index in [0.29, 0.717) is 33.4 Å².